The van der Waals surface area contributed by atoms with Gasteiger partial charge >= 0.3 is 0 Å². The normalized spacial score (nSPS) is 17.9. The van der Waals surface area contributed by atoms with E-state index >= 15 is 0 Å². The third-order valence-electron chi connectivity index (χ3n) is 5.85. The van der Waals surface area contributed by atoms with Gasteiger partial charge in [0.2, 0.25) is 0 Å². The Morgan fingerprint density at radius 2 is 1.78 bits per heavy atom. The summed E-state index contributed by atoms with van der Waals surface area (Å²) in [6, 6.07) is 7.65. The molecule has 2 aliphatic rings. The van der Waals surface area contributed by atoms with Crippen molar-refractivity contribution in [3.05, 3.63) is 53.9 Å². The van der Waals surface area contributed by atoms with E-state index in [4.69, 9.17) is 4.98 Å². The first kappa shape index (κ1) is 16.4. The summed E-state index contributed by atoms with van der Waals surface area (Å²) in [6.45, 7) is 2.59. The van der Waals surface area contributed by atoms with Crippen LogP contribution in [-0.4, -0.2) is 43.4 Å². The molecule has 1 amide bonds. The van der Waals surface area contributed by atoms with E-state index < -0.39 is 0 Å². The zero-order chi connectivity index (χ0) is 18.2. The summed E-state index contributed by atoms with van der Waals surface area (Å²) < 4.78 is 2.42. The van der Waals surface area contributed by atoms with Gasteiger partial charge in [-0.15, -0.1) is 0 Å². The van der Waals surface area contributed by atoms with Crippen molar-refractivity contribution in [2.75, 3.05) is 13.1 Å². The minimum absolute atomic E-state index is 0.0168. The maximum atomic E-state index is 12.9. The summed E-state index contributed by atoms with van der Waals surface area (Å²) in [7, 11) is 0. The number of carbonyl (C=O) groups is 1. The quantitative estimate of drug-likeness (QED) is 0.703. The minimum atomic E-state index is -0.0168. The fraction of sp³-hybridized carbons (Fsp3) is 0.429. The molecule has 0 saturated carbocycles. The molecule has 27 heavy (non-hydrogen) atoms. The summed E-state index contributed by atoms with van der Waals surface area (Å²) in [5.41, 5.74) is 3.39. The van der Waals surface area contributed by atoms with Gasteiger partial charge in [-0.05, 0) is 44.2 Å². The van der Waals surface area contributed by atoms with Crippen molar-refractivity contribution in [3.63, 3.8) is 0 Å². The highest BCUT2D eigenvalue weighted by Crippen LogP contribution is 2.30. The van der Waals surface area contributed by atoms with E-state index in [1.807, 2.05) is 29.2 Å². The zero-order valence-electron chi connectivity index (χ0n) is 15.3. The van der Waals surface area contributed by atoms with Crippen LogP contribution in [0.1, 0.15) is 53.6 Å². The maximum absolute atomic E-state index is 12.9. The number of imidazole rings is 1. The predicted octanol–water partition coefficient (Wildman–Crippen LogP) is 3.18. The molecule has 3 aromatic rings. The van der Waals surface area contributed by atoms with Crippen molar-refractivity contribution in [2.45, 2.75) is 44.6 Å². The van der Waals surface area contributed by atoms with Crippen molar-refractivity contribution in [1.82, 2.24) is 24.4 Å². The van der Waals surface area contributed by atoms with Gasteiger partial charge in [0, 0.05) is 37.4 Å². The molecule has 138 valence electrons. The molecule has 2 aromatic heterocycles. The number of aromatic nitrogens is 4. The molecule has 5 rings (SSSR count). The summed E-state index contributed by atoms with van der Waals surface area (Å²) in [4.78, 5) is 28.4. The average molecular weight is 361 g/mol. The number of amides is 1. The van der Waals surface area contributed by atoms with E-state index in [1.54, 1.807) is 6.20 Å². The number of fused-ring (bicyclic) bond motifs is 2. The Balaban J connectivity index is 1.29. The Labute approximate surface area is 158 Å². The number of aryl methyl sites for hydroxylation is 1. The highest BCUT2D eigenvalue weighted by atomic mass is 16.2. The number of carbonyl (C=O) groups excluding carboxylic acids is 1. The van der Waals surface area contributed by atoms with Crippen LogP contribution in [0.25, 0.3) is 11.0 Å². The van der Waals surface area contributed by atoms with Crippen molar-refractivity contribution >= 4 is 16.9 Å². The number of piperidine rings is 1. The Kier molecular flexibility index (Phi) is 4.11. The van der Waals surface area contributed by atoms with Gasteiger partial charge < -0.3 is 9.47 Å². The topological polar surface area (TPSA) is 63.9 Å². The Hall–Kier alpha value is -2.76. The van der Waals surface area contributed by atoms with Crippen LogP contribution in [0, 0.1) is 0 Å². The average Bonchev–Trinajstić information content (AvgIpc) is 3.17. The Bertz CT molecular complexity index is 987. The van der Waals surface area contributed by atoms with Crippen LogP contribution in [-0.2, 0) is 13.0 Å². The van der Waals surface area contributed by atoms with Crippen LogP contribution in [0.2, 0.25) is 0 Å². The molecule has 0 spiro atoms. The first-order valence-electron chi connectivity index (χ1n) is 9.85. The predicted molar refractivity (Wildman–Crippen MR) is 103 cm³/mol. The number of para-hydroxylation sites is 2. The summed E-state index contributed by atoms with van der Waals surface area (Å²) >= 11 is 0. The molecule has 0 N–H and O–H groups in total. The van der Waals surface area contributed by atoms with Crippen LogP contribution >= 0.6 is 0 Å². The van der Waals surface area contributed by atoms with Gasteiger partial charge in [0.25, 0.3) is 5.91 Å². The number of likely N-dealkylation sites (tertiary alicyclic amines) is 1. The Morgan fingerprint density at radius 3 is 2.63 bits per heavy atom. The molecular formula is C21H23N5O. The van der Waals surface area contributed by atoms with E-state index in [2.05, 4.69) is 20.7 Å². The van der Waals surface area contributed by atoms with Crippen LogP contribution < -0.4 is 0 Å². The molecule has 6 heteroatoms. The highest BCUT2D eigenvalue weighted by molar-refractivity contribution is 5.93. The zero-order valence-corrected chi connectivity index (χ0v) is 15.3. The second kappa shape index (κ2) is 6.76. The Morgan fingerprint density at radius 1 is 0.963 bits per heavy atom. The maximum Gasteiger partial charge on any atom is 0.274 e. The SMILES string of the molecule is O=C(c1cnc2ccccc2n1)N1CCC(c2ncc3n2CCCC3)CC1. The van der Waals surface area contributed by atoms with Crippen LogP contribution in [0.5, 0.6) is 0 Å². The number of nitrogens with zero attached hydrogens (tertiary/aromatic N) is 5. The van der Waals surface area contributed by atoms with Gasteiger partial charge in [0.05, 0.1) is 17.2 Å². The first-order chi connectivity index (χ1) is 13.3. The van der Waals surface area contributed by atoms with E-state index in [1.165, 1.54) is 24.4 Å². The number of hydrogen-bond donors (Lipinski definition) is 0. The molecule has 0 atom stereocenters. The van der Waals surface area contributed by atoms with Gasteiger partial charge in [0.1, 0.15) is 11.5 Å². The lowest BCUT2D eigenvalue weighted by atomic mass is 9.95. The van der Waals surface area contributed by atoms with Crippen LogP contribution in [0.3, 0.4) is 0 Å². The summed E-state index contributed by atoms with van der Waals surface area (Å²) in [5, 5.41) is 0. The van der Waals surface area contributed by atoms with E-state index in [0.717, 1.165) is 49.9 Å². The van der Waals surface area contributed by atoms with Crippen molar-refractivity contribution in [2.24, 2.45) is 0 Å². The third kappa shape index (κ3) is 2.99. The minimum Gasteiger partial charge on any atom is -0.337 e. The van der Waals surface area contributed by atoms with Crippen molar-refractivity contribution in [1.29, 1.82) is 0 Å². The van der Waals surface area contributed by atoms with Gasteiger partial charge in [-0.25, -0.2) is 9.97 Å². The van der Waals surface area contributed by atoms with E-state index in [9.17, 15) is 4.79 Å². The van der Waals surface area contributed by atoms with Crippen molar-refractivity contribution in [3.8, 4) is 0 Å². The smallest absolute Gasteiger partial charge is 0.274 e. The molecule has 0 unspecified atom stereocenters. The third-order valence-corrected chi connectivity index (χ3v) is 5.85. The second-order valence-electron chi connectivity index (χ2n) is 7.53. The van der Waals surface area contributed by atoms with Gasteiger partial charge in [-0.3, -0.25) is 9.78 Å². The summed E-state index contributed by atoms with van der Waals surface area (Å²) in [5.74, 6) is 1.66. The fourth-order valence-corrected chi connectivity index (χ4v) is 4.35. The second-order valence-corrected chi connectivity index (χ2v) is 7.53. The standard InChI is InChI=1S/C21H23N5O/c27-21(19-14-22-17-6-1-2-7-18(17)24-19)25-11-8-15(9-12-25)20-23-13-16-5-3-4-10-26(16)20/h1-2,6-7,13-15H,3-5,8-12H2. The number of rotatable bonds is 2. The number of hydrogen-bond acceptors (Lipinski definition) is 4. The lowest BCUT2D eigenvalue weighted by Crippen LogP contribution is -2.39. The van der Waals surface area contributed by atoms with Crippen LogP contribution in [0.4, 0.5) is 0 Å². The molecule has 1 fully saturated rings. The molecular weight excluding hydrogens is 338 g/mol. The van der Waals surface area contributed by atoms with E-state index in [0.29, 0.717) is 11.6 Å². The fourth-order valence-electron chi connectivity index (χ4n) is 4.35. The highest BCUT2D eigenvalue weighted by Gasteiger charge is 2.29. The summed E-state index contributed by atoms with van der Waals surface area (Å²) in [6.07, 6.45) is 9.23. The van der Waals surface area contributed by atoms with E-state index in [-0.39, 0.29) is 5.91 Å². The first-order valence-corrected chi connectivity index (χ1v) is 9.85. The number of benzene rings is 1. The molecule has 4 heterocycles. The van der Waals surface area contributed by atoms with Gasteiger partial charge in [-0.1, -0.05) is 12.1 Å². The molecule has 6 nitrogen and oxygen atoms in total. The largest absolute Gasteiger partial charge is 0.337 e. The molecule has 1 aromatic carbocycles. The molecule has 2 aliphatic heterocycles. The monoisotopic (exact) mass is 361 g/mol. The molecule has 1 saturated heterocycles. The molecule has 0 radical (unpaired) electrons. The van der Waals surface area contributed by atoms with Gasteiger partial charge in [0.15, 0.2) is 0 Å². The molecule has 0 bridgehead atoms. The molecule has 0 aliphatic carbocycles. The van der Waals surface area contributed by atoms with Crippen LogP contribution in [0.15, 0.2) is 36.7 Å². The van der Waals surface area contributed by atoms with Crippen molar-refractivity contribution < 1.29 is 4.79 Å². The van der Waals surface area contributed by atoms with Gasteiger partial charge in [-0.2, -0.15) is 0 Å². The lowest BCUT2D eigenvalue weighted by molar-refractivity contribution is 0.0704. The lowest BCUT2D eigenvalue weighted by Gasteiger charge is -2.32.